The van der Waals surface area contributed by atoms with Gasteiger partial charge in [-0.25, -0.2) is 0 Å². The normalized spacial score (nSPS) is 26.9. The van der Waals surface area contributed by atoms with E-state index in [1.165, 1.54) is 12.8 Å². The number of hydrogen-bond donors (Lipinski definition) is 5. The lowest BCUT2D eigenvalue weighted by molar-refractivity contribution is -0.162. The molecule has 2 aliphatic carbocycles. The monoisotopic (exact) mass is 524 g/mol. The van der Waals surface area contributed by atoms with E-state index in [-0.39, 0.29) is 37.9 Å². The Kier molecular flexibility index (Phi) is 11.4. The second-order valence-electron chi connectivity index (χ2n) is 8.26. The fourth-order valence-corrected chi connectivity index (χ4v) is 5.93. The molecule has 6 nitrogen and oxygen atoms in total. The Bertz CT molecular complexity index is 560. The van der Waals surface area contributed by atoms with E-state index in [0.29, 0.717) is 0 Å². The van der Waals surface area contributed by atoms with Gasteiger partial charge in [0.05, 0.1) is 37.4 Å². The molecule has 172 valence electrons. The van der Waals surface area contributed by atoms with Gasteiger partial charge >= 0.3 is 0 Å². The summed E-state index contributed by atoms with van der Waals surface area (Å²) >= 11 is 17.8. The molecule has 0 amide bonds. The van der Waals surface area contributed by atoms with Crippen molar-refractivity contribution < 1.29 is 28.7 Å². The molecule has 2 fully saturated rings. The minimum absolute atomic E-state index is 0.0855. The molecule has 0 aliphatic heterocycles. The minimum Gasteiger partial charge on any atom is -0.396 e. The van der Waals surface area contributed by atoms with Gasteiger partial charge in [0.25, 0.3) is 0 Å². The summed E-state index contributed by atoms with van der Waals surface area (Å²) in [5.41, 5.74) is -7.53. The average molecular weight is 525 g/mol. The first kappa shape index (κ1) is 27.0. The molecule has 3 unspecified atom stereocenters. The molecular weight excluding hydrogens is 490 g/mol. The minimum atomic E-state index is -3.26. The van der Waals surface area contributed by atoms with Crippen molar-refractivity contribution in [2.24, 2.45) is 11.3 Å². The van der Waals surface area contributed by atoms with Gasteiger partial charge < -0.3 is 28.7 Å². The molecule has 29 heavy (non-hydrogen) atoms. The Labute approximate surface area is 195 Å². The maximum Gasteiger partial charge on any atom is 0.241 e. The third-order valence-electron chi connectivity index (χ3n) is 5.93. The van der Waals surface area contributed by atoms with Gasteiger partial charge in [-0.15, -0.1) is 0 Å². The molecule has 2 aliphatic rings. The molecule has 0 heterocycles. The van der Waals surface area contributed by atoms with Gasteiger partial charge in [0.1, 0.15) is 0 Å². The maximum atomic E-state index is 10.5. The summed E-state index contributed by atoms with van der Waals surface area (Å²) in [5, 5.41) is 10.5. The van der Waals surface area contributed by atoms with E-state index >= 15 is 0 Å². The molecule has 12 heteroatoms. The molecule has 2 saturated carbocycles. The lowest BCUT2D eigenvalue weighted by atomic mass is 9.72. The molecule has 3 atom stereocenters. The molecule has 0 saturated heterocycles. The summed E-state index contributed by atoms with van der Waals surface area (Å²) in [7, 11) is 0. The number of ether oxygens (including phenoxy) is 1. The lowest BCUT2D eigenvalue weighted by Crippen LogP contribution is -2.52. The van der Waals surface area contributed by atoms with Crippen LogP contribution in [0, 0.1) is 11.3 Å². The predicted molar refractivity (Wildman–Crippen MR) is 131 cm³/mol. The Morgan fingerprint density at radius 3 is 1.72 bits per heavy atom. The molecule has 0 bridgehead atoms. The van der Waals surface area contributed by atoms with Crippen LogP contribution in [0.2, 0.25) is 0 Å². The zero-order chi connectivity index (χ0) is 21.5. The quantitative estimate of drug-likeness (QED) is 0.198. The fourth-order valence-electron chi connectivity index (χ4n) is 4.41. The molecular formula is C17H34O6P2S4. The number of aliphatic hydroxyl groups is 1. The third-order valence-corrected chi connectivity index (χ3v) is 8.18. The Hall–Kier alpha value is 1.76. The SMILES string of the molecule is OCC(COP(O)(=S)S)(COP(O)(=S)S)C(OC1CCCCC1)C1CCCCC1. The van der Waals surface area contributed by atoms with Crippen LogP contribution in [0.15, 0.2) is 0 Å². The second-order valence-corrected chi connectivity index (χ2v) is 18.6. The van der Waals surface area contributed by atoms with Crippen molar-refractivity contribution >= 4 is 59.5 Å². The standard InChI is InChI=1S/C17H34O6P2S4/c18-11-17(12-21-24(19,26)27,13-22-25(20,28)29)16(14-7-3-1-4-8-14)23-15-9-5-2-6-10-15/h14-16,18H,1-13H2,(H2,19,26,27)(H2,20,28,29). The van der Waals surface area contributed by atoms with Crippen LogP contribution in [-0.2, 0) is 37.4 Å². The van der Waals surface area contributed by atoms with Gasteiger partial charge in [-0.2, -0.15) is 0 Å². The first-order valence-corrected chi connectivity index (χ1v) is 17.9. The maximum absolute atomic E-state index is 10.5. The van der Waals surface area contributed by atoms with E-state index in [2.05, 4.69) is 24.5 Å². The van der Waals surface area contributed by atoms with E-state index in [1.54, 1.807) is 0 Å². The van der Waals surface area contributed by atoms with Gasteiger partial charge in [0, 0.05) is 0 Å². The van der Waals surface area contributed by atoms with Gasteiger partial charge in [-0.05, 0) is 55.2 Å². The fraction of sp³-hybridized carbons (Fsp3) is 1.00. The zero-order valence-electron chi connectivity index (χ0n) is 16.6. The van der Waals surface area contributed by atoms with Crippen LogP contribution in [0.1, 0.15) is 64.2 Å². The molecule has 0 aromatic rings. The summed E-state index contributed by atoms with van der Waals surface area (Å²) in [4.78, 5) is 19.9. The molecule has 0 radical (unpaired) electrons. The Balaban J connectivity index is 2.32. The number of rotatable bonds is 11. The summed E-state index contributed by atoms with van der Waals surface area (Å²) < 4.78 is 17.7. The van der Waals surface area contributed by atoms with Crippen LogP contribution in [0.5, 0.6) is 0 Å². The molecule has 0 spiro atoms. The van der Waals surface area contributed by atoms with Crippen molar-refractivity contribution in [1.29, 1.82) is 0 Å². The lowest BCUT2D eigenvalue weighted by Gasteiger charge is -2.46. The number of hydrogen-bond acceptors (Lipinski definition) is 6. The Morgan fingerprint density at radius 1 is 0.862 bits per heavy atom. The predicted octanol–water partition coefficient (Wildman–Crippen LogP) is 4.59. The van der Waals surface area contributed by atoms with Gasteiger partial charge in [-0.1, -0.05) is 63.0 Å². The highest BCUT2D eigenvalue weighted by molar-refractivity contribution is 8.60. The van der Waals surface area contributed by atoms with Crippen molar-refractivity contribution in [3.05, 3.63) is 0 Å². The smallest absolute Gasteiger partial charge is 0.241 e. The van der Waals surface area contributed by atoms with E-state index in [9.17, 15) is 14.9 Å². The topological polar surface area (TPSA) is 88.4 Å². The van der Waals surface area contributed by atoms with Crippen LogP contribution < -0.4 is 0 Å². The molecule has 3 N–H and O–H groups in total. The van der Waals surface area contributed by atoms with E-state index < -0.39 is 16.8 Å². The van der Waals surface area contributed by atoms with Crippen LogP contribution in [0.3, 0.4) is 0 Å². The largest absolute Gasteiger partial charge is 0.396 e. The average Bonchev–Trinajstić information content (AvgIpc) is 2.67. The number of thiol groups is 2. The highest BCUT2D eigenvalue weighted by Gasteiger charge is 2.47. The van der Waals surface area contributed by atoms with Gasteiger partial charge in [-0.3, -0.25) is 0 Å². The summed E-state index contributed by atoms with van der Waals surface area (Å²) in [6.07, 6.45) is 10.6. The van der Waals surface area contributed by atoms with E-state index in [4.69, 9.17) is 37.4 Å². The number of aliphatic hydroxyl groups excluding tert-OH is 1. The second kappa shape index (κ2) is 12.3. The van der Waals surface area contributed by atoms with Crippen molar-refractivity contribution in [1.82, 2.24) is 0 Å². The van der Waals surface area contributed by atoms with Crippen molar-refractivity contribution in [3.8, 4) is 0 Å². The van der Waals surface area contributed by atoms with Crippen molar-refractivity contribution in [2.75, 3.05) is 19.8 Å². The summed E-state index contributed by atoms with van der Waals surface area (Å²) in [5.74, 6) is 0.220. The van der Waals surface area contributed by atoms with Crippen LogP contribution in [0.4, 0.5) is 0 Å². The first-order valence-electron chi connectivity index (χ1n) is 10.2. The Morgan fingerprint density at radius 2 is 1.31 bits per heavy atom. The highest BCUT2D eigenvalue weighted by Crippen LogP contribution is 2.53. The van der Waals surface area contributed by atoms with Crippen LogP contribution in [0.25, 0.3) is 0 Å². The van der Waals surface area contributed by atoms with Crippen molar-refractivity contribution in [3.63, 3.8) is 0 Å². The van der Waals surface area contributed by atoms with Gasteiger partial charge in [0.15, 0.2) is 0 Å². The molecule has 0 aromatic carbocycles. The summed E-state index contributed by atoms with van der Waals surface area (Å²) in [6.45, 7) is -0.483. The molecule has 2 rings (SSSR count). The first-order chi connectivity index (χ1) is 13.5. The van der Waals surface area contributed by atoms with E-state index in [0.717, 1.165) is 51.4 Å². The van der Waals surface area contributed by atoms with Gasteiger partial charge in [0.2, 0.25) is 11.4 Å². The van der Waals surface area contributed by atoms with Crippen LogP contribution >= 0.6 is 35.9 Å². The zero-order valence-corrected chi connectivity index (χ0v) is 21.8. The molecule has 0 aromatic heterocycles. The van der Waals surface area contributed by atoms with Crippen LogP contribution in [-0.4, -0.2) is 46.9 Å². The van der Waals surface area contributed by atoms with E-state index in [1.807, 2.05) is 0 Å². The third kappa shape index (κ3) is 9.65. The highest BCUT2D eigenvalue weighted by atomic mass is 32.9. The van der Waals surface area contributed by atoms with Crippen molar-refractivity contribution in [2.45, 2.75) is 76.4 Å². The summed E-state index contributed by atoms with van der Waals surface area (Å²) in [6, 6.07) is 0.